The molecule has 2 saturated heterocycles. The van der Waals surface area contributed by atoms with E-state index in [9.17, 15) is 9.90 Å². The minimum atomic E-state index is -0.191. The van der Waals surface area contributed by atoms with Crippen molar-refractivity contribution in [2.75, 3.05) is 31.1 Å². The Morgan fingerprint density at radius 1 is 0.923 bits per heavy atom. The molecule has 0 aromatic carbocycles. The van der Waals surface area contributed by atoms with Gasteiger partial charge in [0.1, 0.15) is 0 Å². The van der Waals surface area contributed by atoms with Gasteiger partial charge >= 0.3 is 0 Å². The van der Waals surface area contributed by atoms with Crippen LogP contribution < -0.4 is 4.90 Å². The normalized spacial score (nSPS) is 30.6. The molecule has 0 spiro atoms. The Morgan fingerprint density at radius 3 is 2.27 bits per heavy atom. The summed E-state index contributed by atoms with van der Waals surface area (Å²) in [5, 5.41) is 9.65. The van der Waals surface area contributed by atoms with Crippen molar-refractivity contribution in [3.8, 4) is 0 Å². The van der Waals surface area contributed by atoms with Gasteiger partial charge in [-0.15, -0.1) is 0 Å². The first-order chi connectivity index (χ1) is 12.7. The number of carbonyl (C=O) groups is 1. The van der Waals surface area contributed by atoms with Gasteiger partial charge in [0.15, 0.2) is 0 Å². The molecule has 6 nitrogen and oxygen atoms in total. The van der Waals surface area contributed by atoms with Crippen LogP contribution in [-0.2, 0) is 4.79 Å². The standard InChI is InChI=1S/C20H30N4O2/c25-18-4-2-16(3-5-18)19(26)24-13-8-17(14-24)15-6-11-23(12-7-15)20-21-9-1-10-22-20/h1,9-10,15-18,25H,2-8,11-14H2. The van der Waals surface area contributed by atoms with E-state index in [-0.39, 0.29) is 12.0 Å². The summed E-state index contributed by atoms with van der Waals surface area (Å²) in [4.78, 5) is 25.9. The molecule has 1 aromatic heterocycles. The summed E-state index contributed by atoms with van der Waals surface area (Å²) < 4.78 is 0. The lowest BCUT2D eigenvalue weighted by Gasteiger charge is -2.35. The lowest BCUT2D eigenvalue weighted by Crippen LogP contribution is -2.39. The molecular formula is C20H30N4O2. The van der Waals surface area contributed by atoms with Crippen LogP contribution in [0.25, 0.3) is 0 Å². The molecule has 1 aliphatic carbocycles. The second kappa shape index (κ2) is 7.91. The maximum absolute atomic E-state index is 12.8. The van der Waals surface area contributed by atoms with Gasteiger partial charge in [0.25, 0.3) is 0 Å². The molecule has 3 heterocycles. The molecule has 0 radical (unpaired) electrons. The van der Waals surface area contributed by atoms with E-state index in [2.05, 4.69) is 19.8 Å². The lowest BCUT2D eigenvalue weighted by atomic mass is 9.83. The molecule has 26 heavy (non-hydrogen) atoms. The van der Waals surface area contributed by atoms with E-state index in [0.29, 0.717) is 17.7 Å². The number of hydrogen-bond acceptors (Lipinski definition) is 5. The summed E-state index contributed by atoms with van der Waals surface area (Å²) in [6, 6.07) is 1.85. The van der Waals surface area contributed by atoms with Crippen LogP contribution in [-0.4, -0.2) is 58.2 Å². The van der Waals surface area contributed by atoms with E-state index in [1.807, 2.05) is 6.07 Å². The van der Waals surface area contributed by atoms with Crippen LogP contribution in [0.5, 0.6) is 0 Å². The number of nitrogens with zero attached hydrogens (tertiary/aromatic N) is 4. The molecule has 6 heteroatoms. The highest BCUT2D eigenvalue weighted by Crippen LogP contribution is 2.34. The van der Waals surface area contributed by atoms with Gasteiger partial charge in [-0.1, -0.05) is 0 Å². The maximum Gasteiger partial charge on any atom is 0.225 e. The fourth-order valence-electron chi connectivity index (χ4n) is 4.98. The highest BCUT2D eigenvalue weighted by molar-refractivity contribution is 5.79. The van der Waals surface area contributed by atoms with Gasteiger partial charge in [-0.25, -0.2) is 9.97 Å². The molecule has 1 N–H and O–H groups in total. The number of likely N-dealkylation sites (tertiary alicyclic amines) is 1. The fraction of sp³-hybridized carbons (Fsp3) is 0.750. The number of aliphatic hydroxyl groups is 1. The average molecular weight is 358 g/mol. The summed E-state index contributed by atoms with van der Waals surface area (Å²) >= 11 is 0. The molecule has 1 amide bonds. The molecule has 0 bridgehead atoms. The van der Waals surface area contributed by atoms with E-state index in [0.717, 1.165) is 64.2 Å². The summed E-state index contributed by atoms with van der Waals surface area (Å²) in [5.41, 5.74) is 0. The topological polar surface area (TPSA) is 69.6 Å². The minimum Gasteiger partial charge on any atom is -0.393 e. The second-order valence-electron chi connectivity index (χ2n) is 8.21. The lowest BCUT2D eigenvalue weighted by molar-refractivity contribution is -0.136. The van der Waals surface area contributed by atoms with Gasteiger partial charge in [-0.2, -0.15) is 0 Å². The number of anilines is 1. The van der Waals surface area contributed by atoms with E-state index >= 15 is 0 Å². The van der Waals surface area contributed by atoms with Crippen molar-refractivity contribution in [2.24, 2.45) is 17.8 Å². The molecule has 4 rings (SSSR count). The first-order valence-electron chi connectivity index (χ1n) is 10.2. The number of aromatic nitrogens is 2. The predicted octanol–water partition coefficient (Wildman–Crippen LogP) is 2.09. The van der Waals surface area contributed by atoms with E-state index < -0.39 is 0 Å². The van der Waals surface area contributed by atoms with Crippen LogP contribution in [0.3, 0.4) is 0 Å². The van der Waals surface area contributed by atoms with Crippen molar-refractivity contribution in [2.45, 2.75) is 51.0 Å². The van der Waals surface area contributed by atoms with Crippen molar-refractivity contribution in [1.82, 2.24) is 14.9 Å². The van der Waals surface area contributed by atoms with Crippen LogP contribution in [0.1, 0.15) is 44.9 Å². The molecule has 3 aliphatic rings. The molecular weight excluding hydrogens is 328 g/mol. The minimum absolute atomic E-state index is 0.147. The molecule has 2 aliphatic heterocycles. The SMILES string of the molecule is O=C(C1CCC(O)CC1)N1CCC(C2CCN(c3ncccn3)CC2)C1. The number of aliphatic hydroxyl groups excluding tert-OH is 1. The monoisotopic (exact) mass is 358 g/mol. The van der Waals surface area contributed by atoms with Crippen molar-refractivity contribution in [3.63, 3.8) is 0 Å². The Labute approximate surface area is 155 Å². The quantitative estimate of drug-likeness (QED) is 0.896. The largest absolute Gasteiger partial charge is 0.393 e. The zero-order chi connectivity index (χ0) is 17.9. The van der Waals surface area contributed by atoms with Crippen LogP contribution in [0.15, 0.2) is 18.5 Å². The third-order valence-corrected chi connectivity index (χ3v) is 6.62. The highest BCUT2D eigenvalue weighted by atomic mass is 16.3. The molecule has 142 valence electrons. The Hall–Kier alpha value is -1.69. The van der Waals surface area contributed by atoms with Crippen LogP contribution in [0.2, 0.25) is 0 Å². The van der Waals surface area contributed by atoms with Crippen LogP contribution in [0.4, 0.5) is 5.95 Å². The van der Waals surface area contributed by atoms with Gasteiger partial charge < -0.3 is 14.9 Å². The Balaban J connectivity index is 1.26. The summed E-state index contributed by atoms with van der Waals surface area (Å²) in [5.74, 6) is 2.69. The first kappa shape index (κ1) is 17.7. The number of rotatable bonds is 3. The van der Waals surface area contributed by atoms with Crippen LogP contribution >= 0.6 is 0 Å². The summed E-state index contributed by atoms with van der Waals surface area (Å²) in [6.45, 7) is 3.88. The molecule has 1 unspecified atom stereocenters. The summed E-state index contributed by atoms with van der Waals surface area (Å²) in [6.07, 6.45) is 10.2. The molecule has 1 aromatic rings. The average Bonchev–Trinajstić information content (AvgIpc) is 3.19. The molecule has 1 saturated carbocycles. The van der Waals surface area contributed by atoms with Crippen molar-refractivity contribution in [3.05, 3.63) is 18.5 Å². The van der Waals surface area contributed by atoms with Crippen LogP contribution in [0, 0.1) is 17.8 Å². The van der Waals surface area contributed by atoms with Gasteiger partial charge in [0.2, 0.25) is 11.9 Å². The van der Waals surface area contributed by atoms with Crippen molar-refractivity contribution < 1.29 is 9.90 Å². The Kier molecular flexibility index (Phi) is 5.38. The maximum atomic E-state index is 12.8. The zero-order valence-corrected chi connectivity index (χ0v) is 15.5. The van der Waals surface area contributed by atoms with Gasteiger partial charge in [0.05, 0.1) is 6.10 Å². The third-order valence-electron chi connectivity index (χ3n) is 6.62. The van der Waals surface area contributed by atoms with Gasteiger partial charge in [-0.05, 0) is 62.8 Å². The van der Waals surface area contributed by atoms with E-state index in [1.54, 1.807) is 12.4 Å². The van der Waals surface area contributed by atoms with Gasteiger partial charge in [0, 0.05) is 44.5 Å². The van der Waals surface area contributed by atoms with E-state index in [4.69, 9.17) is 0 Å². The fourth-order valence-corrected chi connectivity index (χ4v) is 4.98. The first-order valence-corrected chi connectivity index (χ1v) is 10.2. The highest BCUT2D eigenvalue weighted by Gasteiger charge is 2.36. The smallest absolute Gasteiger partial charge is 0.225 e. The second-order valence-corrected chi connectivity index (χ2v) is 8.21. The predicted molar refractivity (Wildman–Crippen MR) is 99.6 cm³/mol. The Bertz CT molecular complexity index is 595. The summed E-state index contributed by atoms with van der Waals surface area (Å²) in [7, 11) is 0. The number of hydrogen-bond donors (Lipinski definition) is 1. The molecule has 1 atom stereocenters. The van der Waals surface area contributed by atoms with Crippen molar-refractivity contribution >= 4 is 11.9 Å². The van der Waals surface area contributed by atoms with Crippen molar-refractivity contribution in [1.29, 1.82) is 0 Å². The molecule has 3 fully saturated rings. The Morgan fingerprint density at radius 2 is 1.58 bits per heavy atom. The van der Waals surface area contributed by atoms with E-state index in [1.165, 1.54) is 12.8 Å². The third kappa shape index (κ3) is 3.85. The zero-order valence-electron chi connectivity index (χ0n) is 15.5. The van der Waals surface area contributed by atoms with Gasteiger partial charge in [-0.3, -0.25) is 4.79 Å². The number of carbonyl (C=O) groups excluding carboxylic acids is 1. The number of piperidine rings is 1. The number of amides is 1.